The first-order valence-corrected chi connectivity index (χ1v) is 7.73. The number of carbonyl (C=O) groups is 3. The number of amides is 2. The van der Waals surface area contributed by atoms with E-state index in [1.807, 2.05) is 6.07 Å². The van der Waals surface area contributed by atoms with Crippen LogP contribution in [-0.2, 0) is 27.2 Å². The molecular formula is C15H13N3O4S. The van der Waals surface area contributed by atoms with Crippen LogP contribution in [-0.4, -0.2) is 28.9 Å². The average molecular weight is 331 g/mol. The molecule has 118 valence electrons. The maximum Gasteiger partial charge on any atom is 0.339 e. The Hall–Kier alpha value is -2.74. The third-order valence-corrected chi connectivity index (χ3v) is 4.13. The summed E-state index contributed by atoms with van der Waals surface area (Å²) in [6, 6.07) is 7.02. The lowest BCUT2D eigenvalue weighted by atomic mass is 9.98. The van der Waals surface area contributed by atoms with Crippen LogP contribution in [0.2, 0.25) is 0 Å². The molecule has 2 aromatic rings. The molecule has 0 fully saturated rings. The Bertz CT molecular complexity index is 787. The molecule has 7 nitrogen and oxygen atoms in total. The minimum atomic E-state index is -0.902. The van der Waals surface area contributed by atoms with Gasteiger partial charge in [-0.3, -0.25) is 14.9 Å². The first kappa shape index (κ1) is 15.2. The monoisotopic (exact) mass is 331 g/mol. The van der Waals surface area contributed by atoms with Gasteiger partial charge in [0.2, 0.25) is 5.91 Å². The van der Waals surface area contributed by atoms with Gasteiger partial charge >= 0.3 is 5.97 Å². The molecule has 0 spiro atoms. The Morgan fingerprint density at radius 3 is 2.96 bits per heavy atom. The van der Waals surface area contributed by atoms with Crippen molar-refractivity contribution in [2.45, 2.75) is 18.9 Å². The number of nitrogens with one attached hydrogen (secondary N) is 1. The largest absolute Gasteiger partial charge is 0.448 e. The van der Waals surface area contributed by atoms with Crippen molar-refractivity contribution in [3.05, 3.63) is 46.5 Å². The summed E-state index contributed by atoms with van der Waals surface area (Å²) in [5.74, 6) is -1.46. The quantitative estimate of drug-likeness (QED) is 0.808. The zero-order valence-corrected chi connectivity index (χ0v) is 12.8. The number of esters is 1. The van der Waals surface area contributed by atoms with Gasteiger partial charge in [0.15, 0.2) is 11.2 Å². The van der Waals surface area contributed by atoms with Gasteiger partial charge in [-0.15, -0.1) is 11.3 Å². The van der Waals surface area contributed by atoms with Gasteiger partial charge < -0.3 is 10.5 Å². The molecule has 0 bridgehead atoms. The molecule has 0 unspecified atom stereocenters. The first-order chi connectivity index (χ1) is 11.0. The summed E-state index contributed by atoms with van der Waals surface area (Å²) in [7, 11) is 0. The minimum Gasteiger partial charge on any atom is -0.448 e. The number of carbonyl (C=O) groups excluding carboxylic acids is 3. The molecule has 8 heteroatoms. The number of fused-ring (bicyclic) bond motifs is 1. The van der Waals surface area contributed by atoms with Gasteiger partial charge in [-0.05, 0) is 11.6 Å². The Kier molecular flexibility index (Phi) is 4.07. The highest BCUT2D eigenvalue weighted by atomic mass is 32.1. The molecule has 0 saturated carbocycles. The Morgan fingerprint density at radius 1 is 1.39 bits per heavy atom. The minimum absolute atomic E-state index is 0.0121. The smallest absolute Gasteiger partial charge is 0.339 e. The molecule has 3 N–H and O–H groups in total. The number of benzene rings is 1. The number of nitrogens with two attached hydrogens (primary N) is 1. The molecule has 0 radical (unpaired) electrons. The molecule has 1 aliphatic rings. The van der Waals surface area contributed by atoms with Crippen molar-refractivity contribution in [1.29, 1.82) is 0 Å². The number of cyclic esters (lactones) is 1. The predicted octanol–water partition coefficient (Wildman–Crippen LogP) is 0.891. The molecule has 0 aliphatic carbocycles. The van der Waals surface area contributed by atoms with Crippen LogP contribution in [0.25, 0.3) is 0 Å². The van der Waals surface area contributed by atoms with E-state index in [9.17, 15) is 14.4 Å². The Labute approximate surface area is 135 Å². The van der Waals surface area contributed by atoms with Crippen LogP contribution in [0.3, 0.4) is 0 Å². The highest BCUT2D eigenvalue weighted by Crippen LogP contribution is 2.22. The second-order valence-corrected chi connectivity index (χ2v) is 5.89. The lowest BCUT2D eigenvalue weighted by Crippen LogP contribution is -2.37. The zero-order valence-electron chi connectivity index (χ0n) is 11.9. The molecule has 1 aromatic heterocycles. The summed E-state index contributed by atoms with van der Waals surface area (Å²) in [4.78, 5) is 39.1. The fraction of sp³-hybridized carbons (Fsp3) is 0.200. The lowest BCUT2D eigenvalue weighted by molar-refractivity contribution is -0.125. The number of nitrogens with zero attached hydrogens (tertiary/aromatic N) is 1. The molecule has 2 heterocycles. The highest BCUT2D eigenvalue weighted by Gasteiger charge is 2.31. The SMILES string of the molecule is NC(=O)Cc1csc(NC(=O)[C@H]2Cc3ccccc3C(=O)O2)n1. The molecule has 1 atom stereocenters. The summed E-state index contributed by atoms with van der Waals surface area (Å²) < 4.78 is 5.17. The third-order valence-electron chi connectivity index (χ3n) is 3.32. The van der Waals surface area contributed by atoms with Crippen LogP contribution in [0, 0.1) is 0 Å². The van der Waals surface area contributed by atoms with Crippen molar-refractivity contribution in [3.63, 3.8) is 0 Å². The number of thiazole rings is 1. The van der Waals surface area contributed by atoms with Crippen LogP contribution in [0.15, 0.2) is 29.6 Å². The van der Waals surface area contributed by atoms with E-state index < -0.39 is 23.9 Å². The molecule has 23 heavy (non-hydrogen) atoms. The van der Waals surface area contributed by atoms with Crippen molar-refractivity contribution < 1.29 is 19.1 Å². The predicted molar refractivity (Wildman–Crippen MR) is 83.0 cm³/mol. The normalized spacial score (nSPS) is 16.3. The highest BCUT2D eigenvalue weighted by molar-refractivity contribution is 7.13. The molecular weight excluding hydrogens is 318 g/mol. The van der Waals surface area contributed by atoms with Crippen LogP contribution >= 0.6 is 11.3 Å². The number of anilines is 1. The van der Waals surface area contributed by atoms with Gasteiger partial charge in [-0.25, -0.2) is 9.78 Å². The lowest BCUT2D eigenvalue weighted by Gasteiger charge is -2.23. The number of rotatable bonds is 4. The topological polar surface area (TPSA) is 111 Å². The Balaban J connectivity index is 1.69. The number of hydrogen-bond donors (Lipinski definition) is 2. The van der Waals surface area contributed by atoms with Gasteiger partial charge in [0.1, 0.15) is 0 Å². The van der Waals surface area contributed by atoms with Crippen molar-refractivity contribution in [3.8, 4) is 0 Å². The first-order valence-electron chi connectivity index (χ1n) is 6.85. The van der Waals surface area contributed by atoms with E-state index in [1.54, 1.807) is 23.6 Å². The molecule has 2 amide bonds. The van der Waals surface area contributed by atoms with Crippen LogP contribution in [0.4, 0.5) is 5.13 Å². The van der Waals surface area contributed by atoms with E-state index in [1.165, 1.54) is 11.3 Å². The van der Waals surface area contributed by atoms with Crippen LogP contribution < -0.4 is 11.1 Å². The van der Waals surface area contributed by atoms with Crippen LogP contribution in [0.5, 0.6) is 0 Å². The van der Waals surface area contributed by atoms with E-state index in [2.05, 4.69) is 10.3 Å². The fourth-order valence-corrected chi connectivity index (χ4v) is 3.00. The summed E-state index contributed by atoms with van der Waals surface area (Å²) in [5, 5.41) is 4.57. The van der Waals surface area contributed by atoms with Gasteiger partial charge in [-0.1, -0.05) is 18.2 Å². The van der Waals surface area contributed by atoms with Gasteiger partial charge in [0.25, 0.3) is 5.91 Å². The third kappa shape index (κ3) is 3.37. The van der Waals surface area contributed by atoms with Crippen molar-refractivity contribution in [1.82, 2.24) is 4.98 Å². The fourth-order valence-electron chi connectivity index (χ4n) is 2.29. The summed E-state index contributed by atoms with van der Waals surface area (Å²) in [5.41, 5.74) is 6.84. The maximum atomic E-state index is 12.2. The van der Waals surface area contributed by atoms with Crippen LogP contribution in [0.1, 0.15) is 21.6 Å². The van der Waals surface area contributed by atoms with E-state index in [0.29, 0.717) is 22.8 Å². The van der Waals surface area contributed by atoms with E-state index in [4.69, 9.17) is 10.5 Å². The van der Waals surface area contributed by atoms with Crippen molar-refractivity contribution in [2.24, 2.45) is 5.73 Å². The molecule has 1 aliphatic heterocycles. The molecule has 0 saturated heterocycles. The average Bonchev–Trinajstić information content (AvgIpc) is 2.93. The number of ether oxygens (including phenoxy) is 1. The second kappa shape index (κ2) is 6.17. The summed E-state index contributed by atoms with van der Waals surface area (Å²) in [6.45, 7) is 0. The molecule has 1 aromatic carbocycles. The van der Waals surface area contributed by atoms with Gasteiger partial charge in [0, 0.05) is 11.8 Å². The van der Waals surface area contributed by atoms with Gasteiger partial charge in [0.05, 0.1) is 17.7 Å². The zero-order chi connectivity index (χ0) is 16.4. The standard InChI is InChI=1S/C15H13N3O4S/c16-12(19)6-9-7-23-15(17-9)18-13(20)11-5-8-3-1-2-4-10(8)14(21)22-11/h1-4,7,11H,5-6H2,(H2,16,19)(H,17,18,20)/t11-/m1/s1. The number of primary amides is 1. The van der Waals surface area contributed by atoms with Crippen molar-refractivity contribution >= 4 is 34.3 Å². The van der Waals surface area contributed by atoms with E-state index in [-0.39, 0.29) is 6.42 Å². The Morgan fingerprint density at radius 2 is 2.17 bits per heavy atom. The number of hydrogen-bond acceptors (Lipinski definition) is 6. The van der Waals surface area contributed by atoms with Gasteiger partial charge in [-0.2, -0.15) is 0 Å². The summed E-state index contributed by atoms with van der Waals surface area (Å²) in [6.07, 6.45) is -0.577. The van der Waals surface area contributed by atoms with E-state index >= 15 is 0 Å². The molecule has 3 rings (SSSR count). The number of aromatic nitrogens is 1. The van der Waals surface area contributed by atoms with Crippen molar-refractivity contribution in [2.75, 3.05) is 5.32 Å². The summed E-state index contributed by atoms with van der Waals surface area (Å²) >= 11 is 1.18. The maximum absolute atomic E-state index is 12.2. The second-order valence-electron chi connectivity index (χ2n) is 5.03. The van der Waals surface area contributed by atoms with E-state index in [0.717, 1.165) is 5.56 Å².